The van der Waals surface area contributed by atoms with E-state index in [0.29, 0.717) is 36.0 Å². The average molecular weight is 548 g/mol. The lowest BCUT2D eigenvalue weighted by Crippen LogP contribution is -2.25. The number of aryl methyl sites for hydroxylation is 1. The number of carbonyl (C=O) groups excluding carboxylic acids is 2. The lowest BCUT2D eigenvalue weighted by Gasteiger charge is -2.18. The van der Waals surface area contributed by atoms with Crippen molar-refractivity contribution in [2.75, 3.05) is 27.6 Å². The van der Waals surface area contributed by atoms with Crippen LogP contribution in [0, 0.1) is 6.92 Å². The molecule has 1 aliphatic rings. The van der Waals surface area contributed by atoms with E-state index in [-0.39, 0.29) is 12.7 Å². The summed E-state index contributed by atoms with van der Waals surface area (Å²) >= 11 is 1.20. The van der Waals surface area contributed by atoms with Crippen LogP contribution in [0.4, 0.5) is 0 Å². The molecule has 202 valence electrons. The highest BCUT2D eigenvalue weighted by atomic mass is 32.2. The van der Waals surface area contributed by atoms with Gasteiger partial charge in [-0.2, -0.15) is 0 Å². The summed E-state index contributed by atoms with van der Waals surface area (Å²) < 4.78 is 26.9. The number of nitrogens with one attached hydrogen (secondary N) is 1. The number of hydrogen-bond acceptors (Lipinski definition) is 7. The molecule has 0 fully saturated rings. The lowest BCUT2D eigenvalue weighted by molar-refractivity contribution is -0.119. The average Bonchev–Trinajstić information content (AvgIpc) is 3.55. The molecule has 3 N–H and O–H groups in total. The Balaban J connectivity index is 1.59. The number of aromatic nitrogens is 1. The first kappa shape index (κ1) is 26.5. The molecule has 3 aromatic carbocycles. The van der Waals surface area contributed by atoms with Gasteiger partial charge in [0, 0.05) is 36.3 Å². The third kappa shape index (κ3) is 5.39. The number of primary amides is 1. The molecule has 2 amide bonds. The number of ether oxygens (including phenoxy) is 4. The van der Waals surface area contributed by atoms with Crippen LogP contribution in [0.25, 0.3) is 10.9 Å². The number of nitrogens with two attached hydrogens (primary N) is 1. The summed E-state index contributed by atoms with van der Waals surface area (Å²) in [6.07, 6.45) is 1.93. The highest BCUT2D eigenvalue weighted by Crippen LogP contribution is 2.40. The van der Waals surface area contributed by atoms with Gasteiger partial charge in [0.05, 0.1) is 24.5 Å². The molecule has 39 heavy (non-hydrogen) atoms. The van der Waals surface area contributed by atoms with E-state index in [1.807, 2.05) is 60.2 Å². The summed E-state index contributed by atoms with van der Waals surface area (Å²) in [5, 5.41) is 0.826. The summed E-state index contributed by atoms with van der Waals surface area (Å²) in [5.41, 5.74) is 9.29. The molecular formula is C29H29N3O6S. The maximum Gasteiger partial charge on any atom is 0.248 e. The van der Waals surface area contributed by atoms with E-state index < -0.39 is 11.8 Å². The molecule has 2 heterocycles. The van der Waals surface area contributed by atoms with Gasteiger partial charge in [-0.1, -0.05) is 18.2 Å². The Hall–Kier alpha value is -4.15. The Morgan fingerprint density at radius 1 is 1.08 bits per heavy atom. The topological polar surface area (TPSA) is 114 Å². The van der Waals surface area contributed by atoms with Crippen molar-refractivity contribution < 1.29 is 28.5 Å². The van der Waals surface area contributed by atoms with Gasteiger partial charge in [0.1, 0.15) is 5.75 Å². The minimum Gasteiger partial charge on any atom is -0.496 e. The van der Waals surface area contributed by atoms with E-state index >= 15 is 0 Å². The van der Waals surface area contributed by atoms with E-state index in [4.69, 9.17) is 24.7 Å². The Kier molecular flexibility index (Phi) is 7.67. The first-order valence-electron chi connectivity index (χ1n) is 12.3. The van der Waals surface area contributed by atoms with Crippen molar-refractivity contribution in [3.05, 3.63) is 83.0 Å². The Morgan fingerprint density at radius 2 is 1.90 bits per heavy atom. The molecule has 0 aliphatic carbocycles. The number of fused-ring (bicyclic) bond motifs is 2. The zero-order valence-corrected chi connectivity index (χ0v) is 22.7. The third-order valence-corrected chi connectivity index (χ3v) is 7.48. The van der Waals surface area contributed by atoms with E-state index in [2.05, 4.69) is 4.72 Å². The summed E-state index contributed by atoms with van der Waals surface area (Å²) in [6, 6.07) is 16.6. The van der Waals surface area contributed by atoms with Crippen LogP contribution in [0.3, 0.4) is 0 Å². The quantitative estimate of drug-likeness (QED) is 0.283. The molecule has 0 saturated heterocycles. The zero-order valence-electron chi connectivity index (χ0n) is 21.9. The van der Waals surface area contributed by atoms with Gasteiger partial charge in [-0.25, -0.2) is 0 Å². The molecule has 1 atom stereocenters. The van der Waals surface area contributed by atoms with Crippen LogP contribution in [0.15, 0.2) is 65.7 Å². The predicted octanol–water partition coefficient (Wildman–Crippen LogP) is 4.39. The van der Waals surface area contributed by atoms with Crippen molar-refractivity contribution >= 4 is 34.7 Å². The molecule has 1 aliphatic heterocycles. The van der Waals surface area contributed by atoms with Crippen LogP contribution in [-0.4, -0.2) is 44.0 Å². The molecule has 0 radical (unpaired) electrons. The van der Waals surface area contributed by atoms with E-state index in [0.717, 1.165) is 32.5 Å². The van der Waals surface area contributed by atoms with Gasteiger partial charge in [0.2, 0.25) is 18.6 Å². The van der Waals surface area contributed by atoms with Crippen LogP contribution in [0.2, 0.25) is 0 Å². The van der Waals surface area contributed by atoms with Crippen molar-refractivity contribution in [1.29, 1.82) is 0 Å². The van der Waals surface area contributed by atoms with Crippen LogP contribution >= 0.6 is 11.9 Å². The smallest absolute Gasteiger partial charge is 0.248 e. The minimum atomic E-state index is -0.700. The predicted molar refractivity (Wildman–Crippen MR) is 148 cm³/mol. The Bertz CT molecular complexity index is 1550. The van der Waals surface area contributed by atoms with Crippen molar-refractivity contribution in [3.8, 4) is 17.2 Å². The highest BCUT2D eigenvalue weighted by molar-refractivity contribution is 7.98. The van der Waals surface area contributed by atoms with Crippen molar-refractivity contribution in [2.45, 2.75) is 24.3 Å². The van der Waals surface area contributed by atoms with Gasteiger partial charge in [-0.3, -0.25) is 14.3 Å². The fourth-order valence-electron chi connectivity index (χ4n) is 4.67. The second-order valence-electron chi connectivity index (χ2n) is 9.14. The van der Waals surface area contributed by atoms with E-state index in [1.165, 1.54) is 11.9 Å². The second kappa shape index (κ2) is 11.3. The van der Waals surface area contributed by atoms with Crippen LogP contribution in [0.1, 0.15) is 33.0 Å². The van der Waals surface area contributed by atoms with Crippen molar-refractivity contribution in [2.24, 2.45) is 5.73 Å². The summed E-state index contributed by atoms with van der Waals surface area (Å²) in [5.74, 6) is 0.435. The number of amides is 2. The zero-order chi connectivity index (χ0) is 27.5. The van der Waals surface area contributed by atoms with Gasteiger partial charge in [-0.15, -0.1) is 0 Å². The third-order valence-electron chi connectivity index (χ3n) is 6.62. The molecule has 5 rings (SSSR count). The Morgan fingerprint density at radius 3 is 2.67 bits per heavy atom. The summed E-state index contributed by atoms with van der Waals surface area (Å²) in [6.45, 7) is 3.09. The molecule has 0 bridgehead atoms. The fourth-order valence-corrected chi connectivity index (χ4v) is 5.37. The van der Waals surface area contributed by atoms with Crippen molar-refractivity contribution in [3.63, 3.8) is 0 Å². The maximum atomic E-state index is 14.0. The molecule has 9 nitrogen and oxygen atoms in total. The van der Waals surface area contributed by atoms with Crippen LogP contribution < -0.4 is 24.7 Å². The number of hydrogen-bond donors (Lipinski definition) is 2. The Labute approximate surface area is 230 Å². The first-order chi connectivity index (χ1) is 18.9. The number of nitrogens with zero attached hydrogens (tertiary/aromatic N) is 1. The standard InChI is InChI=1S/C29H29N3O6S/c1-17-4-9-26(25(12-17)36-3)39-31-29(34)27(18-6-8-23-24(14-18)38-16-37-23)21-15-32(10-11-35-2)22-13-19(28(30)33)5-7-20(21)22/h4-9,12-15,27H,10-11,16H2,1-3H3,(H2,30,33)(H,31,34). The number of methoxy groups -OCH3 is 2. The molecule has 0 spiro atoms. The minimum absolute atomic E-state index is 0.130. The van der Waals surface area contributed by atoms with Gasteiger partial charge in [-0.05, 0) is 72.0 Å². The number of rotatable bonds is 10. The molecule has 1 aromatic heterocycles. The lowest BCUT2D eigenvalue weighted by atomic mass is 9.90. The molecule has 0 saturated carbocycles. The molecule has 4 aromatic rings. The number of carbonyl (C=O) groups is 2. The van der Waals surface area contributed by atoms with Gasteiger partial charge < -0.3 is 29.2 Å². The van der Waals surface area contributed by atoms with E-state index in [9.17, 15) is 9.59 Å². The normalized spacial score (nSPS) is 12.9. The van der Waals surface area contributed by atoms with E-state index in [1.54, 1.807) is 26.4 Å². The van der Waals surface area contributed by atoms with Gasteiger partial charge in [0.15, 0.2) is 11.5 Å². The van der Waals surface area contributed by atoms with Crippen LogP contribution in [-0.2, 0) is 16.1 Å². The van der Waals surface area contributed by atoms with Crippen LogP contribution in [0.5, 0.6) is 17.2 Å². The monoisotopic (exact) mass is 547 g/mol. The first-order valence-corrected chi connectivity index (χ1v) is 13.1. The summed E-state index contributed by atoms with van der Waals surface area (Å²) in [7, 11) is 3.23. The van der Waals surface area contributed by atoms with Gasteiger partial charge in [0.25, 0.3) is 0 Å². The fraction of sp³-hybridized carbons (Fsp3) is 0.241. The molecule has 1 unspecified atom stereocenters. The molecule has 10 heteroatoms. The van der Waals surface area contributed by atoms with Crippen molar-refractivity contribution in [1.82, 2.24) is 9.29 Å². The largest absolute Gasteiger partial charge is 0.496 e. The second-order valence-corrected chi connectivity index (χ2v) is 9.98. The van der Waals surface area contributed by atoms with Gasteiger partial charge >= 0.3 is 0 Å². The summed E-state index contributed by atoms with van der Waals surface area (Å²) in [4.78, 5) is 26.7. The number of benzene rings is 3. The maximum absolute atomic E-state index is 14.0. The highest BCUT2D eigenvalue weighted by Gasteiger charge is 2.29. The SMILES string of the molecule is COCCn1cc(C(C(=O)NSc2ccc(C)cc2OC)c2ccc3c(c2)OCO3)c2ccc(C(N)=O)cc21. The molecular weight excluding hydrogens is 518 g/mol.